The molecule has 0 spiro atoms. The number of hydrogen-bond acceptors (Lipinski definition) is 5. The van der Waals surface area contributed by atoms with Crippen LogP contribution in [0, 0.1) is 6.92 Å². The molecule has 0 amide bonds. The molecule has 1 fully saturated rings. The minimum Gasteiger partial charge on any atom is -0.394 e. The predicted molar refractivity (Wildman–Crippen MR) is 75.0 cm³/mol. The highest BCUT2D eigenvalue weighted by Gasteiger charge is 2.16. The predicted octanol–water partition coefficient (Wildman–Crippen LogP) is 1.92. The lowest BCUT2D eigenvalue weighted by atomic mass is 10.3. The Balaban J connectivity index is 1.99. The van der Waals surface area contributed by atoms with Crippen molar-refractivity contribution in [2.24, 2.45) is 0 Å². The van der Waals surface area contributed by atoms with Gasteiger partial charge in [0.25, 0.3) is 0 Å². The SMILES string of the molecule is Cc1nc(Cl)nc(NC(C)CN2CCCC2)c1N. The molecule has 1 aliphatic rings. The molecule has 0 aromatic carbocycles. The fourth-order valence-electron chi connectivity index (χ4n) is 2.29. The summed E-state index contributed by atoms with van der Waals surface area (Å²) in [6.07, 6.45) is 2.60. The first-order chi connectivity index (χ1) is 8.56. The van der Waals surface area contributed by atoms with Crippen LogP contribution in [0.25, 0.3) is 0 Å². The van der Waals surface area contributed by atoms with Gasteiger partial charge in [0, 0.05) is 12.6 Å². The molecule has 0 saturated carbocycles. The Kier molecular flexibility index (Phi) is 4.24. The maximum atomic E-state index is 5.95. The van der Waals surface area contributed by atoms with Crippen LogP contribution in [0.4, 0.5) is 11.5 Å². The minimum atomic E-state index is 0.234. The number of aryl methyl sites for hydroxylation is 1. The lowest BCUT2D eigenvalue weighted by Gasteiger charge is -2.22. The maximum absolute atomic E-state index is 5.95. The van der Waals surface area contributed by atoms with Crippen molar-refractivity contribution < 1.29 is 0 Å². The Morgan fingerprint density at radius 2 is 2.06 bits per heavy atom. The van der Waals surface area contributed by atoms with Gasteiger partial charge >= 0.3 is 0 Å². The molecule has 6 heteroatoms. The van der Waals surface area contributed by atoms with Gasteiger partial charge in [0.1, 0.15) is 0 Å². The third-order valence-corrected chi connectivity index (χ3v) is 3.39. The van der Waals surface area contributed by atoms with E-state index in [0.717, 1.165) is 6.54 Å². The number of nitrogens with one attached hydrogen (secondary N) is 1. The maximum Gasteiger partial charge on any atom is 0.224 e. The summed E-state index contributed by atoms with van der Waals surface area (Å²) in [4.78, 5) is 10.6. The van der Waals surface area contributed by atoms with Crippen molar-refractivity contribution in [2.75, 3.05) is 30.7 Å². The molecule has 0 radical (unpaired) electrons. The number of anilines is 2. The highest BCUT2D eigenvalue weighted by molar-refractivity contribution is 6.28. The number of nitrogens with two attached hydrogens (primary N) is 1. The van der Waals surface area contributed by atoms with Crippen molar-refractivity contribution in [1.29, 1.82) is 0 Å². The average molecular weight is 270 g/mol. The Bertz CT molecular complexity index is 417. The van der Waals surface area contributed by atoms with Gasteiger partial charge in [-0.15, -0.1) is 0 Å². The van der Waals surface area contributed by atoms with Crippen LogP contribution in [0.2, 0.25) is 5.28 Å². The molecule has 100 valence electrons. The standard InChI is InChI=1S/C12H20ClN5/c1-8(7-18-5-3-4-6-18)15-11-10(14)9(2)16-12(13)17-11/h8H,3-7,14H2,1-2H3,(H,15,16,17). The molecule has 2 heterocycles. The lowest BCUT2D eigenvalue weighted by molar-refractivity contribution is 0.327. The van der Waals surface area contributed by atoms with Crippen LogP contribution in [0.15, 0.2) is 0 Å². The van der Waals surface area contributed by atoms with Crippen molar-refractivity contribution in [2.45, 2.75) is 32.7 Å². The normalized spacial score (nSPS) is 17.9. The molecule has 2 rings (SSSR count). The number of hydrogen-bond donors (Lipinski definition) is 2. The summed E-state index contributed by atoms with van der Waals surface area (Å²) in [6, 6.07) is 0.288. The minimum absolute atomic E-state index is 0.234. The molecule has 3 N–H and O–H groups in total. The van der Waals surface area contributed by atoms with Gasteiger partial charge in [-0.1, -0.05) is 0 Å². The second kappa shape index (κ2) is 5.71. The molecule has 1 aliphatic heterocycles. The summed E-state index contributed by atoms with van der Waals surface area (Å²) >= 11 is 5.85. The monoisotopic (exact) mass is 269 g/mol. The van der Waals surface area contributed by atoms with Crippen LogP contribution in [-0.2, 0) is 0 Å². The Morgan fingerprint density at radius 1 is 1.39 bits per heavy atom. The quantitative estimate of drug-likeness (QED) is 0.818. The number of likely N-dealkylation sites (tertiary alicyclic amines) is 1. The Morgan fingerprint density at radius 3 is 2.72 bits per heavy atom. The second-order valence-corrected chi connectivity index (χ2v) is 5.23. The molecule has 0 bridgehead atoms. The molecule has 0 aliphatic carbocycles. The fourth-order valence-corrected chi connectivity index (χ4v) is 2.50. The first-order valence-corrected chi connectivity index (χ1v) is 6.72. The highest BCUT2D eigenvalue weighted by Crippen LogP contribution is 2.21. The second-order valence-electron chi connectivity index (χ2n) is 4.89. The summed E-state index contributed by atoms with van der Waals surface area (Å²) in [6.45, 7) is 7.33. The highest BCUT2D eigenvalue weighted by atomic mass is 35.5. The zero-order valence-corrected chi connectivity index (χ0v) is 11.7. The summed E-state index contributed by atoms with van der Waals surface area (Å²) in [5.74, 6) is 0.638. The van der Waals surface area contributed by atoms with E-state index in [-0.39, 0.29) is 11.3 Å². The molecular weight excluding hydrogens is 250 g/mol. The van der Waals surface area contributed by atoms with E-state index in [1.807, 2.05) is 6.92 Å². The van der Waals surface area contributed by atoms with Crippen molar-refractivity contribution in [3.8, 4) is 0 Å². The van der Waals surface area contributed by atoms with E-state index in [9.17, 15) is 0 Å². The number of nitrogens with zero attached hydrogens (tertiary/aromatic N) is 3. The smallest absolute Gasteiger partial charge is 0.224 e. The first-order valence-electron chi connectivity index (χ1n) is 6.35. The van der Waals surface area contributed by atoms with Crippen LogP contribution in [0.5, 0.6) is 0 Å². The molecule has 1 aromatic rings. The zero-order chi connectivity index (χ0) is 13.1. The largest absolute Gasteiger partial charge is 0.394 e. The van der Waals surface area contributed by atoms with Gasteiger partial charge in [0.2, 0.25) is 5.28 Å². The van der Waals surface area contributed by atoms with Crippen LogP contribution in [0.1, 0.15) is 25.5 Å². The zero-order valence-electron chi connectivity index (χ0n) is 10.9. The van der Waals surface area contributed by atoms with E-state index in [1.165, 1.54) is 25.9 Å². The van der Waals surface area contributed by atoms with Crippen LogP contribution in [0.3, 0.4) is 0 Å². The van der Waals surface area contributed by atoms with Crippen LogP contribution >= 0.6 is 11.6 Å². The summed E-state index contributed by atoms with van der Waals surface area (Å²) in [5.41, 5.74) is 7.24. The van der Waals surface area contributed by atoms with Gasteiger partial charge in [0.15, 0.2) is 5.82 Å². The van der Waals surface area contributed by atoms with Crippen molar-refractivity contribution in [3.63, 3.8) is 0 Å². The van der Waals surface area contributed by atoms with E-state index < -0.39 is 0 Å². The van der Waals surface area contributed by atoms with Crippen molar-refractivity contribution in [3.05, 3.63) is 11.0 Å². The van der Waals surface area contributed by atoms with Crippen molar-refractivity contribution >= 4 is 23.1 Å². The van der Waals surface area contributed by atoms with Gasteiger partial charge in [-0.25, -0.2) is 4.98 Å². The number of halogens is 1. The third kappa shape index (κ3) is 3.23. The third-order valence-electron chi connectivity index (χ3n) is 3.22. The Labute approximate surface area is 113 Å². The van der Waals surface area contributed by atoms with E-state index in [4.69, 9.17) is 17.3 Å². The van der Waals surface area contributed by atoms with Crippen LogP contribution in [-0.4, -0.2) is 40.5 Å². The van der Waals surface area contributed by atoms with Gasteiger partial charge in [0.05, 0.1) is 11.4 Å². The topological polar surface area (TPSA) is 67.1 Å². The number of aromatic nitrogens is 2. The first kappa shape index (κ1) is 13.4. The van der Waals surface area contributed by atoms with Gasteiger partial charge in [-0.2, -0.15) is 4.98 Å². The van der Waals surface area contributed by atoms with Gasteiger partial charge in [-0.3, -0.25) is 0 Å². The van der Waals surface area contributed by atoms with E-state index in [2.05, 4.69) is 27.1 Å². The molecule has 5 nitrogen and oxygen atoms in total. The van der Waals surface area contributed by atoms with Crippen LogP contribution < -0.4 is 11.1 Å². The fraction of sp³-hybridized carbons (Fsp3) is 0.667. The van der Waals surface area contributed by atoms with E-state index >= 15 is 0 Å². The summed E-state index contributed by atoms with van der Waals surface area (Å²) in [7, 11) is 0. The van der Waals surface area contributed by atoms with Crippen molar-refractivity contribution in [1.82, 2.24) is 14.9 Å². The average Bonchev–Trinajstić information content (AvgIpc) is 2.77. The molecule has 1 unspecified atom stereocenters. The molecule has 18 heavy (non-hydrogen) atoms. The van der Waals surface area contributed by atoms with Gasteiger partial charge in [-0.05, 0) is 51.4 Å². The van der Waals surface area contributed by atoms with E-state index in [0.29, 0.717) is 17.2 Å². The summed E-state index contributed by atoms with van der Waals surface area (Å²) in [5, 5.41) is 3.55. The molecular formula is C12H20ClN5. The molecule has 1 aromatic heterocycles. The summed E-state index contributed by atoms with van der Waals surface area (Å²) < 4.78 is 0. The lowest BCUT2D eigenvalue weighted by Crippen LogP contribution is -2.33. The van der Waals surface area contributed by atoms with E-state index in [1.54, 1.807) is 0 Å². The number of nitrogen functional groups attached to an aromatic ring is 1. The van der Waals surface area contributed by atoms with Gasteiger partial charge < -0.3 is 16.0 Å². The number of rotatable bonds is 4. The molecule has 1 saturated heterocycles. The molecule has 1 atom stereocenters. The Hall–Kier alpha value is -1.07.